The summed E-state index contributed by atoms with van der Waals surface area (Å²) in [5, 5.41) is 0. The average molecular weight is 220 g/mol. The Balaban J connectivity index is 2.67. The van der Waals surface area contributed by atoms with Crippen LogP contribution < -0.4 is 4.74 Å². The van der Waals surface area contributed by atoms with Gasteiger partial charge in [-0.1, -0.05) is 45.2 Å². The maximum atomic E-state index is 5.19. The molecule has 0 saturated heterocycles. The molecule has 1 nitrogen and oxygen atoms in total. The second-order valence-electron chi connectivity index (χ2n) is 4.40. The van der Waals surface area contributed by atoms with Crippen molar-refractivity contribution >= 4 is 0 Å². The van der Waals surface area contributed by atoms with Crippen LogP contribution in [0.1, 0.15) is 57.4 Å². The van der Waals surface area contributed by atoms with Crippen molar-refractivity contribution in [3.63, 3.8) is 0 Å². The molecule has 0 spiro atoms. The summed E-state index contributed by atoms with van der Waals surface area (Å²) in [6.07, 6.45) is 6.50. The molecule has 90 valence electrons. The van der Waals surface area contributed by atoms with Crippen LogP contribution in [0, 0.1) is 0 Å². The standard InChI is InChI=1S/C15H24O/c1-4-6-8-13(7-5-2)14-9-11-15(16-3)12-10-14/h9-13H,4-8H2,1-3H3. The summed E-state index contributed by atoms with van der Waals surface area (Å²) in [5.41, 5.74) is 1.47. The lowest BCUT2D eigenvalue weighted by atomic mass is 9.90. The van der Waals surface area contributed by atoms with Crippen molar-refractivity contribution in [3.05, 3.63) is 29.8 Å². The van der Waals surface area contributed by atoms with Gasteiger partial charge in [-0.05, 0) is 36.5 Å². The number of benzene rings is 1. The first kappa shape index (κ1) is 13.1. The lowest BCUT2D eigenvalue weighted by Crippen LogP contribution is -1.98. The van der Waals surface area contributed by atoms with Gasteiger partial charge in [0.15, 0.2) is 0 Å². The lowest BCUT2D eigenvalue weighted by Gasteiger charge is -2.16. The third-order valence-corrected chi connectivity index (χ3v) is 3.13. The minimum atomic E-state index is 0.732. The van der Waals surface area contributed by atoms with E-state index in [1.807, 2.05) is 0 Å². The fraction of sp³-hybridized carbons (Fsp3) is 0.600. The SMILES string of the molecule is CCCCC(CCC)c1ccc(OC)cc1. The summed E-state index contributed by atoms with van der Waals surface area (Å²) in [5.74, 6) is 1.69. The summed E-state index contributed by atoms with van der Waals surface area (Å²) in [4.78, 5) is 0. The Morgan fingerprint density at radius 1 is 1.00 bits per heavy atom. The summed E-state index contributed by atoms with van der Waals surface area (Å²) >= 11 is 0. The van der Waals surface area contributed by atoms with Crippen LogP contribution in [-0.4, -0.2) is 7.11 Å². The molecule has 0 saturated carbocycles. The Labute approximate surface area is 99.8 Å². The third kappa shape index (κ3) is 3.88. The fourth-order valence-electron chi connectivity index (χ4n) is 2.15. The van der Waals surface area contributed by atoms with E-state index in [4.69, 9.17) is 4.74 Å². The number of hydrogen-bond acceptors (Lipinski definition) is 1. The van der Waals surface area contributed by atoms with E-state index < -0.39 is 0 Å². The number of ether oxygens (including phenoxy) is 1. The zero-order valence-electron chi connectivity index (χ0n) is 10.8. The molecule has 0 aliphatic heterocycles. The molecule has 0 aromatic heterocycles. The zero-order chi connectivity index (χ0) is 11.8. The Bertz CT molecular complexity index is 276. The van der Waals surface area contributed by atoms with Gasteiger partial charge in [-0.3, -0.25) is 0 Å². The molecule has 0 heterocycles. The highest BCUT2D eigenvalue weighted by Gasteiger charge is 2.09. The van der Waals surface area contributed by atoms with Crippen LogP contribution in [0.2, 0.25) is 0 Å². The lowest BCUT2D eigenvalue weighted by molar-refractivity contribution is 0.414. The van der Waals surface area contributed by atoms with Crippen molar-refractivity contribution in [1.29, 1.82) is 0 Å². The van der Waals surface area contributed by atoms with Crippen molar-refractivity contribution in [2.75, 3.05) is 7.11 Å². The second-order valence-corrected chi connectivity index (χ2v) is 4.40. The minimum absolute atomic E-state index is 0.732. The molecule has 1 unspecified atom stereocenters. The van der Waals surface area contributed by atoms with Crippen molar-refractivity contribution in [1.82, 2.24) is 0 Å². The van der Waals surface area contributed by atoms with Gasteiger partial charge in [-0.25, -0.2) is 0 Å². The summed E-state index contributed by atoms with van der Waals surface area (Å²) in [7, 11) is 1.72. The van der Waals surface area contributed by atoms with E-state index in [0.717, 1.165) is 11.7 Å². The fourth-order valence-corrected chi connectivity index (χ4v) is 2.15. The van der Waals surface area contributed by atoms with Crippen LogP contribution in [0.3, 0.4) is 0 Å². The molecule has 0 aliphatic carbocycles. The van der Waals surface area contributed by atoms with Crippen LogP contribution in [-0.2, 0) is 0 Å². The molecular formula is C15H24O. The molecule has 0 N–H and O–H groups in total. The van der Waals surface area contributed by atoms with Crippen molar-refractivity contribution < 1.29 is 4.74 Å². The molecule has 1 aromatic carbocycles. The minimum Gasteiger partial charge on any atom is -0.497 e. The maximum Gasteiger partial charge on any atom is 0.118 e. The molecule has 1 atom stereocenters. The Morgan fingerprint density at radius 2 is 1.69 bits per heavy atom. The van der Waals surface area contributed by atoms with Gasteiger partial charge in [0, 0.05) is 0 Å². The highest BCUT2D eigenvalue weighted by atomic mass is 16.5. The van der Waals surface area contributed by atoms with Gasteiger partial charge < -0.3 is 4.74 Å². The van der Waals surface area contributed by atoms with Crippen molar-refractivity contribution in [2.24, 2.45) is 0 Å². The smallest absolute Gasteiger partial charge is 0.118 e. The number of methoxy groups -OCH3 is 1. The van der Waals surface area contributed by atoms with E-state index in [1.54, 1.807) is 7.11 Å². The summed E-state index contributed by atoms with van der Waals surface area (Å²) < 4.78 is 5.19. The molecule has 0 radical (unpaired) electrons. The predicted molar refractivity (Wildman–Crippen MR) is 70.2 cm³/mol. The second kappa shape index (κ2) is 7.32. The third-order valence-electron chi connectivity index (χ3n) is 3.13. The summed E-state index contributed by atoms with van der Waals surface area (Å²) in [6.45, 7) is 4.53. The van der Waals surface area contributed by atoms with E-state index in [-0.39, 0.29) is 0 Å². The highest BCUT2D eigenvalue weighted by Crippen LogP contribution is 2.28. The van der Waals surface area contributed by atoms with E-state index >= 15 is 0 Å². The van der Waals surface area contributed by atoms with Crippen LogP contribution in [0.5, 0.6) is 5.75 Å². The van der Waals surface area contributed by atoms with Gasteiger partial charge in [-0.2, -0.15) is 0 Å². The molecule has 1 rings (SSSR count). The number of rotatable bonds is 7. The van der Waals surface area contributed by atoms with Gasteiger partial charge in [-0.15, -0.1) is 0 Å². The van der Waals surface area contributed by atoms with Crippen LogP contribution in [0.25, 0.3) is 0 Å². The zero-order valence-corrected chi connectivity index (χ0v) is 10.8. The Morgan fingerprint density at radius 3 is 2.19 bits per heavy atom. The van der Waals surface area contributed by atoms with Gasteiger partial charge >= 0.3 is 0 Å². The molecule has 1 heteroatoms. The first-order valence-electron chi connectivity index (χ1n) is 6.45. The monoisotopic (exact) mass is 220 g/mol. The Kier molecular flexibility index (Phi) is 5.99. The molecule has 0 fully saturated rings. The van der Waals surface area contributed by atoms with Crippen LogP contribution in [0.4, 0.5) is 0 Å². The van der Waals surface area contributed by atoms with E-state index in [2.05, 4.69) is 38.1 Å². The van der Waals surface area contributed by atoms with E-state index in [1.165, 1.54) is 37.7 Å². The van der Waals surface area contributed by atoms with E-state index in [0.29, 0.717) is 0 Å². The molecule has 1 aromatic rings. The Hall–Kier alpha value is -0.980. The van der Waals surface area contributed by atoms with Gasteiger partial charge in [0.05, 0.1) is 7.11 Å². The summed E-state index contributed by atoms with van der Waals surface area (Å²) in [6, 6.07) is 8.58. The normalized spacial score (nSPS) is 12.4. The van der Waals surface area contributed by atoms with Crippen molar-refractivity contribution in [2.45, 2.75) is 51.9 Å². The maximum absolute atomic E-state index is 5.19. The van der Waals surface area contributed by atoms with Gasteiger partial charge in [0.1, 0.15) is 5.75 Å². The molecule has 16 heavy (non-hydrogen) atoms. The number of hydrogen-bond donors (Lipinski definition) is 0. The first-order chi connectivity index (χ1) is 7.81. The molecule has 0 aliphatic rings. The topological polar surface area (TPSA) is 9.23 Å². The largest absolute Gasteiger partial charge is 0.497 e. The highest BCUT2D eigenvalue weighted by molar-refractivity contribution is 5.29. The quantitative estimate of drug-likeness (QED) is 0.643. The van der Waals surface area contributed by atoms with Crippen LogP contribution >= 0.6 is 0 Å². The number of unbranched alkanes of at least 4 members (excludes halogenated alkanes) is 1. The van der Waals surface area contributed by atoms with Gasteiger partial charge in [0.2, 0.25) is 0 Å². The average Bonchev–Trinajstić information content (AvgIpc) is 2.35. The van der Waals surface area contributed by atoms with E-state index in [9.17, 15) is 0 Å². The molecule has 0 amide bonds. The first-order valence-corrected chi connectivity index (χ1v) is 6.45. The molecular weight excluding hydrogens is 196 g/mol. The predicted octanol–water partition coefficient (Wildman–Crippen LogP) is 4.77. The molecule has 0 bridgehead atoms. The van der Waals surface area contributed by atoms with Gasteiger partial charge in [0.25, 0.3) is 0 Å². The van der Waals surface area contributed by atoms with Crippen molar-refractivity contribution in [3.8, 4) is 5.75 Å². The van der Waals surface area contributed by atoms with Crippen LogP contribution in [0.15, 0.2) is 24.3 Å².